The Balaban J connectivity index is 0.00000144. The van der Waals surface area contributed by atoms with Crippen LogP contribution in [0, 0.1) is 0 Å². The first-order chi connectivity index (χ1) is 5.70. The van der Waals surface area contributed by atoms with Crippen LogP contribution in [0.15, 0.2) is 30.3 Å². The molecule has 4 heteroatoms. The van der Waals surface area contributed by atoms with Gasteiger partial charge in [-0.15, -0.1) is 0 Å². The summed E-state index contributed by atoms with van der Waals surface area (Å²) < 4.78 is 0. The van der Waals surface area contributed by atoms with Crippen LogP contribution < -0.4 is 57.1 Å². The zero-order chi connectivity index (χ0) is 8.97. The van der Waals surface area contributed by atoms with Crippen molar-refractivity contribution in [2.45, 2.75) is 12.5 Å². The summed E-state index contributed by atoms with van der Waals surface area (Å²) >= 11 is 0. The number of carbonyl (C=O) groups is 1. The maximum atomic E-state index is 10.5. The standard InChI is InChI=1S/C9H12N2O.K/c10-8(9(11)12)6-7-4-2-1-3-5-7;/h1-5,8H,6,10H2,(H2,11,12);/q;+1/p-1. The average molecular weight is 202 g/mol. The van der Waals surface area contributed by atoms with E-state index in [9.17, 15) is 4.79 Å². The van der Waals surface area contributed by atoms with Crippen molar-refractivity contribution in [1.29, 1.82) is 0 Å². The Morgan fingerprint density at radius 3 is 2.38 bits per heavy atom. The fourth-order valence-electron chi connectivity index (χ4n) is 0.961. The summed E-state index contributed by atoms with van der Waals surface area (Å²) in [6.07, 6.45) is 0.448. The summed E-state index contributed by atoms with van der Waals surface area (Å²) in [5.41, 5.74) is 13.2. The first kappa shape index (κ1) is 13.3. The molecule has 0 aliphatic heterocycles. The number of amides is 1. The molecule has 1 amide bonds. The van der Waals surface area contributed by atoms with E-state index < -0.39 is 11.9 Å². The number of hydrogen-bond acceptors (Lipinski definition) is 2. The van der Waals surface area contributed by atoms with E-state index >= 15 is 0 Å². The van der Waals surface area contributed by atoms with Gasteiger partial charge >= 0.3 is 51.4 Å². The first-order valence-electron chi connectivity index (χ1n) is 3.75. The quantitative estimate of drug-likeness (QED) is 0.584. The van der Waals surface area contributed by atoms with E-state index in [0.29, 0.717) is 6.42 Å². The zero-order valence-corrected chi connectivity index (χ0v) is 10.8. The fourth-order valence-corrected chi connectivity index (χ4v) is 0.961. The van der Waals surface area contributed by atoms with Crippen molar-refractivity contribution >= 4 is 5.91 Å². The van der Waals surface area contributed by atoms with Crippen LogP contribution in [-0.2, 0) is 11.2 Å². The molecular formula is C9H11KN2O. The van der Waals surface area contributed by atoms with Crippen LogP contribution in [0.25, 0.3) is 5.73 Å². The molecule has 0 saturated heterocycles. The minimum atomic E-state index is -0.709. The van der Waals surface area contributed by atoms with Crippen LogP contribution in [0.1, 0.15) is 5.56 Å². The molecule has 1 unspecified atom stereocenters. The Kier molecular flexibility index (Phi) is 6.85. The molecule has 0 fully saturated rings. The Morgan fingerprint density at radius 1 is 1.38 bits per heavy atom. The molecule has 0 spiro atoms. The van der Waals surface area contributed by atoms with Gasteiger partial charge in [-0.3, -0.25) is 0 Å². The number of carbonyl (C=O) groups excluding carboxylic acids is 1. The minimum Gasteiger partial charge on any atom is -0.666 e. The molecule has 1 aromatic rings. The predicted molar refractivity (Wildman–Crippen MR) is 47.5 cm³/mol. The van der Waals surface area contributed by atoms with Gasteiger partial charge < -0.3 is 16.3 Å². The Morgan fingerprint density at radius 2 is 1.92 bits per heavy atom. The van der Waals surface area contributed by atoms with Crippen molar-refractivity contribution < 1.29 is 56.2 Å². The number of rotatable bonds is 3. The van der Waals surface area contributed by atoms with Gasteiger partial charge in [-0.2, -0.15) is 0 Å². The summed E-state index contributed by atoms with van der Waals surface area (Å²) in [7, 11) is 0. The van der Waals surface area contributed by atoms with E-state index in [-0.39, 0.29) is 51.4 Å². The van der Waals surface area contributed by atoms with E-state index in [1.54, 1.807) is 0 Å². The van der Waals surface area contributed by atoms with Crippen LogP contribution in [0.2, 0.25) is 0 Å². The van der Waals surface area contributed by atoms with Gasteiger partial charge in [-0.05, 0) is 12.0 Å². The number of nitrogens with one attached hydrogen (secondary N) is 1. The normalized spacial score (nSPS) is 11.5. The molecule has 0 saturated carbocycles. The second-order valence-electron chi connectivity index (χ2n) is 2.66. The van der Waals surface area contributed by atoms with Crippen molar-refractivity contribution in [3.63, 3.8) is 0 Å². The Hall–Kier alpha value is 0.286. The van der Waals surface area contributed by atoms with Crippen molar-refractivity contribution in [3.05, 3.63) is 41.6 Å². The third-order valence-corrected chi connectivity index (χ3v) is 1.64. The molecule has 0 aliphatic carbocycles. The second kappa shape index (κ2) is 6.70. The Bertz CT molecular complexity index is 264. The molecule has 0 aliphatic rings. The van der Waals surface area contributed by atoms with E-state index in [0.717, 1.165) is 5.56 Å². The molecule has 64 valence electrons. The van der Waals surface area contributed by atoms with Crippen LogP contribution in [0.4, 0.5) is 0 Å². The van der Waals surface area contributed by atoms with Gasteiger partial charge in [0.1, 0.15) is 0 Å². The van der Waals surface area contributed by atoms with Gasteiger partial charge in [-0.1, -0.05) is 30.3 Å². The average Bonchev–Trinajstić information content (AvgIpc) is 2.06. The van der Waals surface area contributed by atoms with Gasteiger partial charge in [0.15, 0.2) is 0 Å². The number of benzene rings is 1. The van der Waals surface area contributed by atoms with Gasteiger partial charge in [0.25, 0.3) is 0 Å². The van der Waals surface area contributed by atoms with Crippen molar-refractivity contribution in [2.24, 2.45) is 5.73 Å². The van der Waals surface area contributed by atoms with E-state index in [1.165, 1.54) is 0 Å². The molecule has 1 atom stereocenters. The molecule has 0 heterocycles. The maximum Gasteiger partial charge on any atom is 1.00 e. The summed E-state index contributed by atoms with van der Waals surface area (Å²) in [5, 5.41) is 0. The van der Waals surface area contributed by atoms with Crippen LogP contribution in [0.5, 0.6) is 0 Å². The predicted octanol–water partition coefficient (Wildman–Crippen LogP) is -1.86. The second-order valence-corrected chi connectivity index (χ2v) is 2.66. The zero-order valence-electron chi connectivity index (χ0n) is 7.66. The smallest absolute Gasteiger partial charge is 0.666 e. The van der Waals surface area contributed by atoms with E-state index in [2.05, 4.69) is 0 Å². The number of nitrogens with two attached hydrogens (primary N) is 1. The Labute approximate surface area is 120 Å². The molecule has 0 radical (unpaired) electrons. The summed E-state index contributed by atoms with van der Waals surface area (Å²) in [4.78, 5) is 10.5. The minimum absolute atomic E-state index is 0. The van der Waals surface area contributed by atoms with E-state index in [4.69, 9.17) is 11.5 Å². The van der Waals surface area contributed by atoms with Gasteiger partial charge in [0.05, 0.1) is 5.91 Å². The first-order valence-corrected chi connectivity index (χ1v) is 3.75. The van der Waals surface area contributed by atoms with Gasteiger partial charge in [-0.25, -0.2) is 0 Å². The molecule has 1 rings (SSSR count). The third-order valence-electron chi connectivity index (χ3n) is 1.64. The summed E-state index contributed by atoms with van der Waals surface area (Å²) in [6.45, 7) is 0. The fraction of sp³-hybridized carbons (Fsp3) is 0.222. The molecule has 13 heavy (non-hydrogen) atoms. The van der Waals surface area contributed by atoms with Gasteiger partial charge in [0.2, 0.25) is 0 Å². The maximum absolute atomic E-state index is 10.5. The van der Waals surface area contributed by atoms with Crippen molar-refractivity contribution in [2.75, 3.05) is 0 Å². The number of hydrogen-bond donors (Lipinski definition) is 1. The van der Waals surface area contributed by atoms with Crippen LogP contribution >= 0.6 is 0 Å². The summed E-state index contributed by atoms with van der Waals surface area (Å²) in [5.74, 6) is -0.709. The van der Waals surface area contributed by atoms with E-state index in [1.807, 2.05) is 30.3 Å². The SMILES string of the molecule is [K+].[NH-]C(=O)C(N)Cc1ccccc1. The third kappa shape index (κ3) is 4.90. The van der Waals surface area contributed by atoms with Crippen LogP contribution in [-0.4, -0.2) is 11.9 Å². The largest absolute Gasteiger partial charge is 1.00 e. The molecular weight excluding hydrogens is 191 g/mol. The van der Waals surface area contributed by atoms with Crippen molar-refractivity contribution in [1.82, 2.24) is 0 Å². The van der Waals surface area contributed by atoms with Crippen LogP contribution in [0.3, 0.4) is 0 Å². The molecule has 1 aromatic carbocycles. The molecule has 0 aromatic heterocycles. The molecule has 3 nitrogen and oxygen atoms in total. The molecule has 3 N–H and O–H groups in total. The topological polar surface area (TPSA) is 66.9 Å². The summed E-state index contributed by atoms with van der Waals surface area (Å²) in [6, 6.07) is 8.77. The molecule has 0 bridgehead atoms. The monoisotopic (exact) mass is 202 g/mol. The van der Waals surface area contributed by atoms with Gasteiger partial charge in [0, 0.05) is 6.04 Å². The van der Waals surface area contributed by atoms with Crippen molar-refractivity contribution in [3.8, 4) is 0 Å².